The Morgan fingerprint density at radius 1 is 0.571 bits per heavy atom. The predicted octanol–water partition coefficient (Wildman–Crippen LogP) is 1.59. The number of aromatic carboxylic acids is 2. The maximum absolute atomic E-state index is 13.7. The first-order valence-electron chi connectivity index (χ1n) is 17.9. The molecule has 63 heavy (non-hydrogen) atoms. The summed E-state index contributed by atoms with van der Waals surface area (Å²) in [5.41, 5.74) is 8.60. The smallest absolute Gasteiger partial charge is 0.543 e. The monoisotopic (exact) mass is 938 g/mol. The first kappa shape index (κ1) is 50.7. The van der Waals surface area contributed by atoms with Gasteiger partial charge in [0.05, 0.1) is 36.4 Å². The fraction of sp³-hybridized carbons (Fsp3) is 0.389. The number of benzene rings is 2. The van der Waals surface area contributed by atoms with Crippen molar-refractivity contribution in [2.75, 3.05) is 13.1 Å². The van der Waals surface area contributed by atoms with Crippen LogP contribution >= 0.6 is 0 Å². The van der Waals surface area contributed by atoms with Crippen LogP contribution in [-0.2, 0) is 61.0 Å². The molecule has 4 N–H and O–H groups in total. The maximum atomic E-state index is 13.7. The Kier molecular flexibility index (Phi) is 16.0. The number of alkyl halides is 6. The molecule has 4 heterocycles. The van der Waals surface area contributed by atoms with Gasteiger partial charge in [-0.3, -0.25) is 9.59 Å². The number of carboxylic acid groups (broad SMARTS) is 2. The minimum Gasteiger partial charge on any atom is -0.543 e. The fourth-order valence-electron chi connectivity index (χ4n) is 6.78. The molecule has 0 spiro atoms. The fourth-order valence-corrected chi connectivity index (χ4v) is 6.78. The van der Waals surface area contributed by atoms with Crippen molar-refractivity contribution in [3.63, 3.8) is 0 Å². The number of carbonyl (C=O) groups excluding carboxylic acids is 4. The number of fused-ring (bicyclic) bond motifs is 2. The van der Waals surface area contributed by atoms with Crippen molar-refractivity contribution < 1.29 is 82.1 Å². The van der Waals surface area contributed by atoms with E-state index in [-0.39, 0.29) is 112 Å². The summed E-state index contributed by atoms with van der Waals surface area (Å²) in [6, 6.07) is -0.0661. The van der Waals surface area contributed by atoms with Crippen molar-refractivity contribution in [3.05, 3.63) is 105 Å². The van der Waals surface area contributed by atoms with Gasteiger partial charge in [-0.25, -0.2) is 36.3 Å². The summed E-state index contributed by atoms with van der Waals surface area (Å²) in [5.74, 6) is -15.3. The first-order chi connectivity index (χ1) is 28.8. The largest absolute Gasteiger partial charge is 2.00 e. The summed E-state index contributed by atoms with van der Waals surface area (Å²) in [6.45, 7) is -2.02. The Balaban J connectivity index is 0.000000272. The number of nitrogens with two attached hydrogens (primary N) is 2. The quantitative estimate of drug-likeness (QED) is 0.133. The Labute approximate surface area is 376 Å². The molecule has 4 aromatic rings. The maximum Gasteiger partial charge on any atom is 2.00 e. The van der Waals surface area contributed by atoms with Crippen LogP contribution in [0.25, 0.3) is 0 Å². The van der Waals surface area contributed by atoms with Gasteiger partial charge in [0.2, 0.25) is 23.5 Å². The van der Waals surface area contributed by atoms with Crippen LogP contribution in [0.2, 0.25) is 0 Å². The normalized spacial score (nSPS) is 14.8. The molecule has 0 saturated heterocycles. The van der Waals surface area contributed by atoms with Crippen LogP contribution in [0.1, 0.15) is 68.0 Å². The SMILES string of the molecule is NC(CC(=O)N1CCn2c(C(F)(F)F)nc(C(=O)[O-])c2C1)Cc1cc(F)c(F)cc1F.N[C@@H](CC(=O)N1CCn2c(C(F)(F)F)nc(C(=O)[O-])c2C1)Cc1cc(F)c(F)cc1F.[Ca+2]. The van der Waals surface area contributed by atoms with Crippen molar-refractivity contribution in [1.29, 1.82) is 0 Å². The van der Waals surface area contributed by atoms with Crippen LogP contribution in [0.3, 0.4) is 0 Å². The van der Waals surface area contributed by atoms with E-state index < -0.39 is 119 Å². The number of carboxylic acids is 2. The first-order valence-corrected chi connectivity index (χ1v) is 17.9. The summed E-state index contributed by atoms with van der Waals surface area (Å²) in [7, 11) is 0. The van der Waals surface area contributed by atoms with Gasteiger partial charge in [0, 0.05) is 63.2 Å². The molecule has 27 heteroatoms. The molecule has 2 amide bonds. The zero-order valence-corrected chi connectivity index (χ0v) is 34.3. The van der Waals surface area contributed by atoms with Crippen molar-refractivity contribution in [2.24, 2.45) is 11.5 Å². The molecule has 2 aromatic carbocycles. The molecule has 2 atom stereocenters. The average molecular weight is 939 g/mol. The summed E-state index contributed by atoms with van der Waals surface area (Å²) in [6.07, 6.45) is -11.2. The minimum absolute atomic E-state index is 0. The third kappa shape index (κ3) is 11.8. The number of nitrogens with zero attached hydrogens (tertiary/aromatic N) is 6. The molecule has 2 aliphatic rings. The Hall–Kier alpha value is -4.92. The van der Waals surface area contributed by atoms with Gasteiger partial charge < -0.3 is 50.2 Å². The van der Waals surface area contributed by atoms with Gasteiger partial charge in [-0.2, -0.15) is 26.3 Å². The molecule has 0 radical (unpaired) electrons. The van der Waals surface area contributed by atoms with Gasteiger partial charge in [0.25, 0.3) is 0 Å². The molecular formula is C36H30CaF12N8O6. The Morgan fingerprint density at radius 2 is 0.889 bits per heavy atom. The van der Waals surface area contributed by atoms with E-state index in [1.54, 1.807) is 0 Å². The second-order valence-electron chi connectivity index (χ2n) is 14.0. The molecule has 0 fully saturated rings. The molecular weight excluding hydrogens is 908 g/mol. The van der Waals surface area contributed by atoms with Crippen LogP contribution in [-0.4, -0.2) is 116 Å². The zero-order chi connectivity index (χ0) is 46.2. The summed E-state index contributed by atoms with van der Waals surface area (Å²) in [4.78, 5) is 55.8. The van der Waals surface area contributed by atoms with Gasteiger partial charge in [-0.15, -0.1) is 0 Å². The van der Waals surface area contributed by atoms with E-state index in [2.05, 4.69) is 9.97 Å². The van der Waals surface area contributed by atoms with Gasteiger partial charge in [0.1, 0.15) is 23.0 Å². The molecule has 6 rings (SSSR count). The molecule has 14 nitrogen and oxygen atoms in total. The van der Waals surface area contributed by atoms with Crippen LogP contribution in [0.5, 0.6) is 0 Å². The number of imidazole rings is 2. The second kappa shape index (κ2) is 19.9. The topological polar surface area (TPSA) is 209 Å². The van der Waals surface area contributed by atoms with E-state index in [0.717, 1.165) is 9.80 Å². The number of amides is 2. The zero-order valence-electron chi connectivity index (χ0n) is 32.1. The molecule has 0 aliphatic carbocycles. The van der Waals surface area contributed by atoms with Gasteiger partial charge in [0.15, 0.2) is 23.3 Å². The van der Waals surface area contributed by atoms with Crippen molar-refractivity contribution in [1.82, 2.24) is 28.9 Å². The van der Waals surface area contributed by atoms with Crippen LogP contribution in [0.15, 0.2) is 24.3 Å². The van der Waals surface area contributed by atoms with Crippen molar-refractivity contribution in [3.8, 4) is 0 Å². The van der Waals surface area contributed by atoms with E-state index in [9.17, 15) is 82.1 Å². The van der Waals surface area contributed by atoms with Crippen LogP contribution in [0, 0.1) is 34.9 Å². The van der Waals surface area contributed by atoms with Crippen molar-refractivity contribution >= 4 is 61.5 Å². The molecule has 2 aromatic heterocycles. The summed E-state index contributed by atoms with van der Waals surface area (Å²) >= 11 is 0. The molecule has 0 saturated carbocycles. The Bertz CT molecular complexity index is 2240. The third-order valence-electron chi connectivity index (χ3n) is 9.63. The van der Waals surface area contributed by atoms with Gasteiger partial charge >= 0.3 is 50.1 Å². The number of halogens is 12. The molecule has 336 valence electrons. The Morgan fingerprint density at radius 3 is 1.19 bits per heavy atom. The van der Waals surface area contributed by atoms with Crippen LogP contribution in [0.4, 0.5) is 52.7 Å². The number of hydrogen-bond donors (Lipinski definition) is 2. The van der Waals surface area contributed by atoms with E-state index in [4.69, 9.17) is 11.5 Å². The number of rotatable bonds is 10. The minimum atomic E-state index is -4.90. The van der Waals surface area contributed by atoms with Crippen LogP contribution < -0.4 is 21.7 Å². The number of aromatic nitrogens is 4. The number of hydrogen-bond acceptors (Lipinski definition) is 10. The molecule has 2 aliphatic heterocycles. The number of carbonyl (C=O) groups is 4. The molecule has 0 bridgehead atoms. The van der Waals surface area contributed by atoms with Crippen molar-refractivity contribution in [2.45, 2.75) is 76.3 Å². The second-order valence-corrected chi connectivity index (χ2v) is 14.0. The van der Waals surface area contributed by atoms with E-state index in [1.807, 2.05) is 0 Å². The van der Waals surface area contributed by atoms with Gasteiger partial charge in [-0.05, 0) is 36.1 Å². The average Bonchev–Trinajstić information content (AvgIpc) is 3.76. The predicted molar refractivity (Wildman–Crippen MR) is 185 cm³/mol. The van der Waals surface area contributed by atoms with E-state index >= 15 is 0 Å². The summed E-state index contributed by atoms with van der Waals surface area (Å²) in [5, 5.41) is 22.4. The molecule has 1 unspecified atom stereocenters. The third-order valence-corrected chi connectivity index (χ3v) is 9.63. The van der Waals surface area contributed by atoms with E-state index in [0.29, 0.717) is 33.4 Å². The summed E-state index contributed by atoms with van der Waals surface area (Å²) < 4.78 is 160. The van der Waals surface area contributed by atoms with Gasteiger partial charge in [-0.1, -0.05) is 0 Å². The van der Waals surface area contributed by atoms with E-state index in [1.165, 1.54) is 0 Å². The standard InChI is InChI=1S/2C18H16F6N4O3.Ca/c2*19-10-6-12(21)11(20)4-8(10)3-9(25)5-14(29)27-1-2-28-13(7-27)15(16(30)31)26-17(28)18(22,23)24;/h2*4,6,9H,1-3,5,7,25H2,(H,30,31);/q;;+2/p-2/t9-;;/m1../s1.